The first kappa shape index (κ1) is 17.9. The molecule has 0 heteroatoms. The predicted molar refractivity (Wildman–Crippen MR) is 133 cm³/mol. The Kier molecular flexibility index (Phi) is 4.28. The molecule has 31 heavy (non-hydrogen) atoms. The van der Waals surface area contributed by atoms with Gasteiger partial charge in [0.05, 0.1) is 0 Å². The minimum absolute atomic E-state index is 0.957. The van der Waals surface area contributed by atoms with E-state index in [9.17, 15) is 0 Å². The molecule has 0 heterocycles. The Labute approximate surface area is 183 Å². The Balaban J connectivity index is 1.62. The standard InChI is InChI=1S/C31H22/c1-4-10-22(11-5-1)25-16-28-18-26(23-12-6-2-7-13-23)20-30-21-27(19-29(17-25)31(28)30)24-14-8-3-9-15-24/h1-20H,21H2. The van der Waals surface area contributed by atoms with Crippen molar-refractivity contribution in [2.24, 2.45) is 0 Å². The maximum absolute atomic E-state index is 2.39. The van der Waals surface area contributed by atoms with Crippen LogP contribution < -0.4 is 0 Å². The van der Waals surface area contributed by atoms with E-state index in [1.54, 1.807) is 0 Å². The molecule has 0 N–H and O–H groups in total. The van der Waals surface area contributed by atoms with E-state index in [4.69, 9.17) is 0 Å². The van der Waals surface area contributed by atoms with Crippen molar-refractivity contribution in [3.05, 3.63) is 132 Å². The summed E-state index contributed by atoms with van der Waals surface area (Å²) in [4.78, 5) is 0. The summed E-state index contributed by atoms with van der Waals surface area (Å²) >= 11 is 0. The third-order valence-electron chi connectivity index (χ3n) is 6.23. The molecule has 0 amide bonds. The highest BCUT2D eigenvalue weighted by atomic mass is 14.2. The first-order valence-corrected chi connectivity index (χ1v) is 10.8. The van der Waals surface area contributed by atoms with E-state index in [1.807, 2.05) is 0 Å². The molecule has 1 aliphatic carbocycles. The van der Waals surface area contributed by atoms with Gasteiger partial charge >= 0.3 is 0 Å². The predicted octanol–water partition coefficient (Wildman–Crippen LogP) is 8.27. The van der Waals surface area contributed by atoms with Gasteiger partial charge in [0.1, 0.15) is 0 Å². The molecule has 0 unspecified atom stereocenters. The van der Waals surface area contributed by atoms with Gasteiger partial charge in [-0.2, -0.15) is 0 Å². The molecular formula is C31H22. The molecule has 1 aliphatic rings. The van der Waals surface area contributed by atoms with Crippen LogP contribution in [-0.4, -0.2) is 0 Å². The van der Waals surface area contributed by atoms with Gasteiger partial charge in [0.25, 0.3) is 0 Å². The van der Waals surface area contributed by atoms with Crippen LogP contribution in [0.3, 0.4) is 0 Å². The lowest BCUT2D eigenvalue weighted by Gasteiger charge is -2.21. The smallest absolute Gasteiger partial charge is 0.00130 e. The molecular weight excluding hydrogens is 372 g/mol. The molecule has 0 saturated heterocycles. The van der Waals surface area contributed by atoms with Crippen molar-refractivity contribution in [2.75, 3.05) is 0 Å². The van der Waals surface area contributed by atoms with Gasteiger partial charge in [-0.1, -0.05) is 103 Å². The van der Waals surface area contributed by atoms with Crippen molar-refractivity contribution in [1.82, 2.24) is 0 Å². The summed E-state index contributed by atoms with van der Waals surface area (Å²) in [5.74, 6) is 0. The minimum Gasteiger partial charge on any atom is -0.0622 e. The highest BCUT2D eigenvalue weighted by molar-refractivity contribution is 6.05. The minimum atomic E-state index is 0.957. The topological polar surface area (TPSA) is 0 Å². The molecule has 0 radical (unpaired) electrons. The Morgan fingerprint density at radius 1 is 0.452 bits per heavy atom. The number of hydrogen-bond acceptors (Lipinski definition) is 0. The molecule has 5 aromatic rings. The lowest BCUT2D eigenvalue weighted by molar-refractivity contribution is 1.30. The van der Waals surface area contributed by atoms with Crippen molar-refractivity contribution in [3.8, 4) is 22.3 Å². The van der Waals surface area contributed by atoms with Gasteiger partial charge in [-0.25, -0.2) is 0 Å². The molecule has 6 rings (SSSR count). The zero-order valence-corrected chi connectivity index (χ0v) is 17.3. The maximum Gasteiger partial charge on any atom is -0.00130 e. The van der Waals surface area contributed by atoms with Crippen molar-refractivity contribution in [1.29, 1.82) is 0 Å². The van der Waals surface area contributed by atoms with Crippen LogP contribution in [0.15, 0.2) is 115 Å². The van der Waals surface area contributed by atoms with Crippen LogP contribution in [0.4, 0.5) is 0 Å². The van der Waals surface area contributed by atoms with Crippen LogP contribution in [0.5, 0.6) is 0 Å². The Morgan fingerprint density at radius 2 is 0.968 bits per heavy atom. The average molecular weight is 395 g/mol. The lowest BCUT2D eigenvalue weighted by Crippen LogP contribution is -2.00. The number of rotatable bonds is 3. The number of benzene rings is 5. The summed E-state index contributed by atoms with van der Waals surface area (Å²) in [5, 5.41) is 2.70. The fourth-order valence-corrected chi connectivity index (χ4v) is 4.77. The summed E-state index contributed by atoms with van der Waals surface area (Å²) < 4.78 is 0. The van der Waals surface area contributed by atoms with E-state index in [0.717, 1.165) is 6.42 Å². The third kappa shape index (κ3) is 3.27. The average Bonchev–Trinajstić information content (AvgIpc) is 2.85. The zero-order chi connectivity index (χ0) is 20.6. The Hall–Kier alpha value is -3.90. The number of allylic oxidation sites excluding steroid dienone is 1. The SMILES string of the molecule is C1=C(c2ccccc2)Cc2cc(-c3ccccc3)cc3cc(-c4ccccc4)cc1c23. The normalized spacial score (nSPS) is 12.6. The molecule has 0 aromatic heterocycles. The zero-order valence-electron chi connectivity index (χ0n) is 17.3. The van der Waals surface area contributed by atoms with Crippen LogP contribution >= 0.6 is 0 Å². The fraction of sp³-hybridized carbons (Fsp3) is 0.0323. The van der Waals surface area contributed by atoms with E-state index in [-0.39, 0.29) is 0 Å². The van der Waals surface area contributed by atoms with Crippen molar-refractivity contribution in [3.63, 3.8) is 0 Å². The fourth-order valence-electron chi connectivity index (χ4n) is 4.77. The summed E-state index contributed by atoms with van der Waals surface area (Å²) in [6.45, 7) is 0. The quantitative estimate of drug-likeness (QED) is 0.289. The van der Waals surface area contributed by atoms with Crippen LogP contribution in [0.1, 0.15) is 16.7 Å². The largest absolute Gasteiger partial charge is 0.0622 e. The molecule has 0 aliphatic heterocycles. The first-order valence-electron chi connectivity index (χ1n) is 10.8. The van der Waals surface area contributed by atoms with Crippen LogP contribution in [-0.2, 0) is 6.42 Å². The second-order valence-electron chi connectivity index (χ2n) is 8.24. The van der Waals surface area contributed by atoms with E-state index in [0.29, 0.717) is 0 Å². The molecule has 0 saturated carbocycles. The van der Waals surface area contributed by atoms with Crippen LogP contribution in [0.2, 0.25) is 0 Å². The molecule has 0 spiro atoms. The van der Waals surface area contributed by atoms with Gasteiger partial charge in [-0.3, -0.25) is 0 Å². The number of hydrogen-bond donors (Lipinski definition) is 0. The van der Waals surface area contributed by atoms with Crippen molar-refractivity contribution >= 4 is 22.4 Å². The molecule has 0 nitrogen and oxygen atoms in total. The lowest BCUT2D eigenvalue weighted by atomic mass is 9.83. The third-order valence-corrected chi connectivity index (χ3v) is 6.23. The van der Waals surface area contributed by atoms with Gasteiger partial charge in [0, 0.05) is 0 Å². The molecule has 0 fully saturated rings. The van der Waals surface area contributed by atoms with Crippen molar-refractivity contribution in [2.45, 2.75) is 6.42 Å². The van der Waals surface area contributed by atoms with Gasteiger partial charge in [0.2, 0.25) is 0 Å². The molecule has 5 aromatic carbocycles. The highest BCUT2D eigenvalue weighted by Crippen LogP contribution is 2.40. The molecule has 0 atom stereocenters. The van der Waals surface area contributed by atoms with E-state index in [2.05, 4.69) is 121 Å². The van der Waals surface area contributed by atoms with E-state index >= 15 is 0 Å². The van der Waals surface area contributed by atoms with Gasteiger partial charge in [0.15, 0.2) is 0 Å². The van der Waals surface area contributed by atoms with Crippen LogP contribution in [0.25, 0.3) is 44.7 Å². The van der Waals surface area contributed by atoms with E-state index < -0.39 is 0 Å². The van der Waals surface area contributed by atoms with Gasteiger partial charge in [-0.15, -0.1) is 0 Å². The monoisotopic (exact) mass is 394 g/mol. The Bertz CT molecular complexity index is 1400. The second kappa shape index (κ2) is 7.41. The maximum atomic E-state index is 2.39. The van der Waals surface area contributed by atoms with Crippen LogP contribution in [0, 0.1) is 0 Å². The summed E-state index contributed by atoms with van der Waals surface area (Å²) in [6, 6.07) is 41.6. The molecule has 0 bridgehead atoms. The Morgan fingerprint density at radius 3 is 1.55 bits per heavy atom. The highest BCUT2D eigenvalue weighted by Gasteiger charge is 2.18. The first-order chi connectivity index (χ1) is 15.3. The van der Waals surface area contributed by atoms with Gasteiger partial charge < -0.3 is 0 Å². The summed E-state index contributed by atoms with van der Waals surface area (Å²) in [7, 11) is 0. The molecule has 146 valence electrons. The van der Waals surface area contributed by atoms with Gasteiger partial charge in [-0.05, 0) is 79.9 Å². The second-order valence-corrected chi connectivity index (χ2v) is 8.24. The summed E-state index contributed by atoms with van der Waals surface area (Å²) in [6.07, 6.45) is 3.35. The summed E-state index contributed by atoms with van der Waals surface area (Å²) in [5.41, 5.74) is 10.5. The van der Waals surface area contributed by atoms with Crippen molar-refractivity contribution < 1.29 is 0 Å². The van der Waals surface area contributed by atoms with E-state index in [1.165, 1.54) is 55.3 Å².